The van der Waals surface area contributed by atoms with Crippen molar-refractivity contribution in [2.75, 3.05) is 25.1 Å². The molecular formula is C12H16ClN3O2. The molecule has 1 saturated heterocycles. The largest absolute Gasteiger partial charge is 0.379 e. The summed E-state index contributed by atoms with van der Waals surface area (Å²) in [6, 6.07) is 3.52. The van der Waals surface area contributed by atoms with Crippen LogP contribution >= 0.6 is 11.6 Å². The maximum absolute atomic E-state index is 12.1. The third-order valence-corrected chi connectivity index (χ3v) is 3.20. The first kappa shape index (κ1) is 13.3. The summed E-state index contributed by atoms with van der Waals surface area (Å²) >= 11 is 5.90. The number of hydrogen-bond acceptors (Lipinski definition) is 4. The standard InChI is InChI=1S/C12H16ClN3O2/c1-2-14-10-7-18-6-8(10)12(17)16-9-4-3-5-15-11(9)13/h3-5,8,10,14H,2,6-7H2,1H3,(H,16,17). The number of anilines is 1. The minimum Gasteiger partial charge on any atom is -0.379 e. The number of aromatic nitrogens is 1. The minimum absolute atomic E-state index is 0.0606. The number of halogens is 1. The zero-order chi connectivity index (χ0) is 13.0. The summed E-state index contributed by atoms with van der Waals surface area (Å²) in [6.45, 7) is 3.81. The molecule has 1 aliphatic heterocycles. The highest BCUT2D eigenvalue weighted by Gasteiger charge is 2.33. The van der Waals surface area contributed by atoms with Gasteiger partial charge in [-0.25, -0.2) is 4.98 Å². The Morgan fingerprint density at radius 1 is 1.61 bits per heavy atom. The fraction of sp³-hybridized carbons (Fsp3) is 0.500. The molecule has 18 heavy (non-hydrogen) atoms. The number of nitrogens with zero attached hydrogens (tertiary/aromatic N) is 1. The Morgan fingerprint density at radius 3 is 3.17 bits per heavy atom. The molecular weight excluding hydrogens is 254 g/mol. The Kier molecular flexibility index (Phi) is 4.52. The van der Waals surface area contributed by atoms with Gasteiger partial charge in [-0.2, -0.15) is 0 Å². The van der Waals surface area contributed by atoms with Crippen molar-refractivity contribution in [2.24, 2.45) is 5.92 Å². The summed E-state index contributed by atoms with van der Waals surface area (Å²) in [5, 5.41) is 6.32. The monoisotopic (exact) mass is 269 g/mol. The average molecular weight is 270 g/mol. The number of hydrogen-bond donors (Lipinski definition) is 2. The topological polar surface area (TPSA) is 63.2 Å². The molecule has 2 heterocycles. The van der Waals surface area contributed by atoms with Gasteiger partial charge < -0.3 is 15.4 Å². The van der Waals surface area contributed by atoms with E-state index in [4.69, 9.17) is 16.3 Å². The van der Waals surface area contributed by atoms with E-state index in [2.05, 4.69) is 15.6 Å². The second-order valence-electron chi connectivity index (χ2n) is 4.14. The lowest BCUT2D eigenvalue weighted by atomic mass is 10.0. The van der Waals surface area contributed by atoms with Crippen LogP contribution in [0.2, 0.25) is 5.15 Å². The lowest BCUT2D eigenvalue weighted by Crippen LogP contribution is -2.41. The van der Waals surface area contributed by atoms with Crippen LogP contribution in [0.1, 0.15) is 6.92 Å². The fourth-order valence-electron chi connectivity index (χ4n) is 1.98. The molecule has 2 rings (SSSR count). The van der Waals surface area contributed by atoms with E-state index in [1.54, 1.807) is 18.3 Å². The predicted octanol–water partition coefficient (Wildman–Crippen LogP) is 1.30. The summed E-state index contributed by atoms with van der Waals surface area (Å²) in [4.78, 5) is 16.1. The summed E-state index contributed by atoms with van der Waals surface area (Å²) in [6.07, 6.45) is 1.58. The molecule has 2 N–H and O–H groups in total. The summed E-state index contributed by atoms with van der Waals surface area (Å²) in [7, 11) is 0. The molecule has 1 aliphatic rings. The second kappa shape index (κ2) is 6.13. The van der Waals surface area contributed by atoms with Crippen LogP contribution < -0.4 is 10.6 Å². The van der Waals surface area contributed by atoms with Crippen LogP contribution in [0.3, 0.4) is 0 Å². The summed E-state index contributed by atoms with van der Waals surface area (Å²) < 4.78 is 5.34. The van der Waals surface area contributed by atoms with Gasteiger partial charge in [0.1, 0.15) is 0 Å². The zero-order valence-electron chi connectivity index (χ0n) is 10.1. The molecule has 1 fully saturated rings. The number of pyridine rings is 1. The highest BCUT2D eigenvalue weighted by molar-refractivity contribution is 6.32. The molecule has 6 heteroatoms. The van der Waals surface area contributed by atoms with Gasteiger partial charge in [0, 0.05) is 12.2 Å². The third-order valence-electron chi connectivity index (χ3n) is 2.90. The average Bonchev–Trinajstić information content (AvgIpc) is 2.81. The van der Waals surface area contributed by atoms with Crippen molar-refractivity contribution in [1.82, 2.24) is 10.3 Å². The third kappa shape index (κ3) is 2.98. The Hall–Kier alpha value is -1.17. The van der Waals surface area contributed by atoms with Crippen molar-refractivity contribution >= 4 is 23.2 Å². The summed E-state index contributed by atoms with van der Waals surface area (Å²) in [5.41, 5.74) is 0.534. The van der Waals surface area contributed by atoms with Crippen molar-refractivity contribution in [3.05, 3.63) is 23.5 Å². The van der Waals surface area contributed by atoms with Gasteiger partial charge in [-0.1, -0.05) is 18.5 Å². The van der Waals surface area contributed by atoms with Gasteiger partial charge in [-0.15, -0.1) is 0 Å². The van der Waals surface area contributed by atoms with E-state index in [1.165, 1.54) is 0 Å². The SMILES string of the molecule is CCNC1COCC1C(=O)Nc1cccnc1Cl. The normalized spacial score (nSPS) is 23.0. The molecule has 5 nitrogen and oxygen atoms in total. The number of amides is 1. The molecule has 1 aromatic heterocycles. The first-order valence-electron chi connectivity index (χ1n) is 5.95. The Balaban J connectivity index is 2.01. The van der Waals surface area contributed by atoms with E-state index >= 15 is 0 Å². The Labute approximate surface area is 111 Å². The van der Waals surface area contributed by atoms with Crippen LogP contribution in [0.4, 0.5) is 5.69 Å². The van der Waals surface area contributed by atoms with Crippen molar-refractivity contribution < 1.29 is 9.53 Å². The van der Waals surface area contributed by atoms with Crippen LogP contribution in [-0.4, -0.2) is 36.7 Å². The summed E-state index contributed by atoms with van der Waals surface area (Å²) in [5.74, 6) is -0.283. The predicted molar refractivity (Wildman–Crippen MR) is 69.7 cm³/mol. The first-order chi connectivity index (χ1) is 8.72. The molecule has 2 atom stereocenters. The molecule has 2 unspecified atom stereocenters. The quantitative estimate of drug-likeness (QED) is 0.809. The molecule has 1 amide bonds. The van der Waals surface area contributed by atoms with E-state index in [-0.39, 0.29) is 17.9 Å². The lowest BCUT2D eigenvalue weighted by molar-refractivity contribution is -0.120. The smallest absolute Gasteiger partial charge is 0.231 e. The van der Waals surface area contributed by atoms with Gasteiger partial charge in [0.15, 0.2) is 5.15 Å². The lowest BCUT2D eigenvalue weighted by Gasteiger charge is -2.17. The van der Waals surface area contributed by atoms with E-state index in [9.17, 15) is 4.79 Å². The Morgan fingerprint density at radius 2 is 2.44 bits per heavy atom. The van der Waals surface area contributed by atoms with Crippen LogP contribution in [0.15, 0.2) is 18.3 Å². The van der Waals surface area contributed by atoms with Gasteiger partial charge in [0.25, 0.3) is 0 Å². The maximum Gasteiger partial charge on any atom is 0.231 e. The zero-order valence-corrected chi connectivity index (χ0v) is 10.9. The van der Waals surface area contributed by atoms with Crippen LogP contribution in [0.5, 0.6) is 0 Å². The highest BCUT2D eigenvalue weighted by atomic mass is 35.5. The van der Waals surface area contributed by atoms with Crippen molar-refractivity contribution in [2.45, 2.75) is 13.0 Å². The first-order valence-corrected chi connectivity index (χ1v) is 6.32. The van der Waals surface area contributed by atoms with Crippen molar-refractivity contribution in [3.63, 3.8) is 0 Å². The molecule has 0 aliphatic carbocycles. The molecule has 0 aromatic carbocycles. The number of carbonyl (C=O) groups is 1. The number of carbonyl (C=O) groups excluding carboxylic acids is 1. The van der Waals surface area contributed by atoms with Crippen LogP contribution in [0.25, 0.3) is 0 Å². The van der Waals surface area contributed by atoms with Crippen molar-refractivity contribution in [1.29, 1.82) is 0 Å². The van der Waals surface area contributed by atoms with E-state index in [1.807, 2.05) is 6.92 Å². The minimum atomic E-state index is -0.193. The molecule has 0 radical (unpaired) electrons. The molecule has 98 valence electrons. The number of ether oxygens (including phenoxy) is 1. The van der Waals surface area contributed by atoms with Gasteiger partial charge in [0.05, 0.1) is 24.8 Å². The molecule has 0 saturated carbocycles. The number of nitrogens with one attached hydrogen (secondary N) is 2. The van der Waals surface area contributed by atoms with Crippen molar-refractivity contribution in [3.8, 4) is 0 Å². The highest BCUT2D eigenvalue weighted by Crippen LogP contribution is 2.21. The molecule has 0 spiro atoms. The van der Waals surface area contributed by atoms with E-state index in [0.717, 1.165) is 6.54 Å². The Bertz CT molecular complexity index is 428. The maximum atomic E-state index is 12.1. The number of likely N-dealkylation sites (N-methyl/N-ethyl adjacent to an activating group) is 1. The van der Waals surface area contributed by atoms with Gasteiger partial charge >= 0.3 is 0 Å². The van der Waals surface area contributed by atoms with Gasteiger partial charge in [0.2, 0.25) is 5.91 Å². The number of rotatable bonds is 4. The molecule has 1 aromatic rings. The van der Waals surface area contributed by atoms with E-state index in [0.29, 0.717) is 24.1 Å². The second-order valence-corrected chi connectivity index (χ2v) is 4.50. The fourth-order valence-corrected chi connectivity index (χ4v) is 2.15. The van der Waals surface area contributed by atoms with Crippen LogP contribution in [-0.2, 0) is 9.53 Å². The van der Waals surface area contributed by atoms with E-state index < -0.39 is 0 Å². The van der Waals surface area contributed by atoms with Crippen LogP contribution in [0, 0.1) is 5.92 Å². The van der Waals surface area contributed by atoms with Gasteiger partial charge in [-0.05, 0) is 18.7 Å². The van der Waals surface area contributed by atoms with Gasteiger partial charge in [-0.3, -0.25) is 4.79 Å². The molecule has 0 bridgehead atoms.